The van der Waals surface area contributed by atoms with Crippen molar-refractivity contribution < 1.29 is 27.8 Å². The Kier molecular flexibility index (Phi) is 7.88. The first-order valence-corrected chi connectivity index (χ1v) is 11.5. The van der Waals surface area contributed by atoms with Crippen molar-refractivity contribution in [3.8, 4) is 0 Å². The fourth-order valence-corrected chi connectivity index (χ4v) is 8.36. The summed E-state index contributed by atoms with van der Waals surface area (Å²) in [5.74, 6) is 0. The van der Waals surface area contributed by atoms with Gasteiger partial charge in [-0.3, -0.25) is 0 Å². The van der Waals surface area contributed by atoms with Gasteiger partial charge in [-0.25, -0.2) is 0 Å². The maximum atomic E-state index is 6.20. The second kappa shape index (κ2) is 9.26. The molecule has 2 heterocycles. The second-order valence-corrected chi connectivity index (χ2v) is 11.0. The third-order valence-corrected chi connectivity index (χ3v) is 10.5. The van der Waals surface area contributed by atoms with Crippen molar-refractivity contribution in [1.82, 2.24) is 0 Å². The Hall–Kier alpha value is -0.0231. The van der Waals surface area contributed by atoms with Crippen molar-refractivity contribution in [2.75, 3.05) is 47.9 Å². The van der Waals surface area contributed by atoms with Gasteiger partial charge in [0.25, 0.3) is 0 Å². The fourth-order valence-electron chi connectivity index (χ4n) is 4.34. The van der Waals surface area contributed by atoms with Gasteiger partial charge < -0.3 is 27.8 Å². The topological polar surface area (TPSA) is 55.4 Å². The lowest BCUT2D eigenvalue weighted by Crippen LogP contribution is -2.71. The summed E-state index contributed by atoms with van der Waals surface area (Å²) in [6.07, 6.45) is 4.84. The maximum Gasteiger partial charge on any atom is 0.373 e. The Bertz CT molecular complexity index is 394. The van der Waals surface area contributed by atoms with Crippen LogP contribution in [0.3, 0.4) is 0 Å². The number of methoxy groups -OCH3 is 1. The van der Waals surface area contributed by atoms with E-state index in [-0.39, 0.29) is 18.3 Å². The van der Waals surface area contributed by atoms with E-state index in [0.717, 1.165) is 51.4 Å². The number of hydrogen-bond donors (Lipinski definition) is 0. The first kappa shape index (κ1) is 21.3. The molecule has 0 radical (unpaired) electrons. The minimum atomic E-state index is -2.52. The van der Waals surface area contributed by atoms with Crippen molar-refractivity contribution in [1.29, 1.82) is 0 Å². The van der Waals surface area contributed by atoms with Crippen LogP contribution >= 0.6 is 0 Å². The van der Waals surface area contributed by atoms with Gasteiger partial charge in [0, 0.05) is 26.7 Å². The number of ether oxygens (including phenoxy) is 4. The minimum absolute atomic E-state index is 0.0621. The summed E-state index contributed by atoms with van der Waals surface area (Å²) in [7, 11) is 2.74. The largest absolute Gasteiger partial charge is 0.396 e. The predicted octanol–water partition coefficient (Wildman–Crippen LogP) is 3.03. The Labute approximate surface area is 153 Å². The van der Waals surface area contributed by atoms with Crippen LogP contribution in [-0.4, -0.2) is 67.8 Å². The summed E-state index contributed by atoms with van der Waals surface area (Å²) in [6.45, 7) is 6.87. The van der Waals surface area contributed by atoms with E-state index in [4.69, 9.17) is 27.8 Å². The van der Waals surface area contributed by atoms with Crippen molar-refractivity contribution in [3.63, 3.8) is 0 Å². The van der Waals surface area contributed by atoms with Crippen LogP contribution < -0.4 is 0 Å². The zero-order chi connectivity index (χ0) is 18.4. The summed E-state index contributed by atoms with van der Waals surface area (Å²) in [6, 6.07) is 0.935. The third kappa shape index (κ3) is 3.97. The lowest BCUT2D eigenvalue weighted by Gasteiger charge is -2.51. The molecule has 2 aliphatic rings. The van der Waals surface area contributed by atoms with Gasteiger partial charge in [0.05, 0.1) is 25.9 Å². The molecule has 0 aromatic rings. The van der Waals surface area contributed by atoms with Gasteiger partial charge in [0.15, 0.2) is 0 Å². The molecule has 25 heavy (non-hydrogen) atoms. The molecule has 0 aromatic heterocycles. The highest BCUT2D eigenvalue weighted by Crippen LogP contribution is 2.44. The molecule has 148 valence electrons. The molecule has 2 aliphatic heterocycles. The summed E-state index contributed by atoms with van der Waals surface area (Å²) < 4.78 is 35.5. The Morgan fingerprint density at radius 3 is 2.32 bits per heavy atom. The van der Waals surface area contributed by atoms with Crippen LogP contribution in [0, 0.1) is 5.41 Å². The SMILES string of the molecule is CCCC1(OC)C(OCOCC2(CC)COC2)CCC[Si]1(OC)OC. The van der Waals surface area contributed by atoms with Crippen molar-refractivity contribution in [3.05, 3.63) is 0 Å². The summed E-state index contributed by atoms with van der Waals surface area (Å²) in [5, 5.41) is -0.491. The molecule has 2 unspecified atom stereocenters. The maximum absolute atomic E-state index is 6.20. The molecular weight excluding hydrogens is 340 g/mol. The van der Waals surface area contributed by atoms with Gasteiger partial charge in [0.2, 0.25) is 0 Å². The average molecular weight is 377 g/mol. The molecule has 2 saturated heterocycles. The minimum Gasteiger partial charge on any atom is -0.396 e. The fraction of sp³-hybridized carbons (Fsp3) is 1.00. The van der Waals surface area contributed by atoms with Gasteiger partial charge in [0.1, 0.15) is 12.0 Å². The Morgan fingerprint density at radius 2 is 1.84 bits per heavy atom. The van der Waals surface area contributed by atoms with Crippen LogP contribution in [0.4, 0.5) is 0 Å². The highest BCUT2D eigenvalue weighted by Gasteiger charge is 2.63. The second-order valence-electron chi connectivity index (χ2n) is 7.36. The molecule has 2 fully saturated rings. The van der Waals surface area contributed by atoms with Gasteiger partial charge in [-0.1, -0.05) is 20.3 Å². The summed E-state index contributed by atoms with van der Waals surface area (Å²) in [4.78, 5) is 0. The van der Waals surface area contributed by atoms with Crippen molar-refractivity contribution in [2.24, 2.45) is 5.41 Å². The number of rotatable bonds is 11. The number of hydrogen-bond acceptors (Lipinski definition) is 6. The molecule has 0 spiro atoms. The van der Waals surface area contributed by atoms with Gasteiger partial charge in [-0.2, -0.15) is 0 Å². The third-order valence-electron chi connectivity index (χ3n) is 6.11. The average Bonchev–Trinajstić information content (AvgIpc) is 2.61. The van der Waals surface area contributed by atoms with Crippen LogP contribution in [-0.2, 0) is 27.8 Å². The van der Waals surface area contributed by atoms with E-state index in [9.17, 15) is 0 Å². The van der Waals surface area contributed by atoms with E-state index in [0.29, 0.717) is 6.61 Å². The van der Waals surface area contributed by atoms with E-state index in [1.807, 2.05) is 0 Å². The molecule has 6 nitrogen and oxygen atoms in total. The molecule has 0 bridgehead atoms. The van der Waals surface area contributed by atoms with E-state index < -0.39 is 13.8 Å². The van der Waals surface area contributed by atoms with Crippen LogP contribution in [0.25, 0.3) is 0 Å². The zero-order valence-corrected chi connectivity index (χ0v) is 17.6. The molecule has 0 saturated carbocycles. The predicted molar refractivity (Wildman–Crippen MR) is 97.7 cm³/mol. The van der Waals surface area contributed by atoms with E-state index in [1.54, 1.807) is 21.3 Å². The molecule has 0 aromatic carbocycles. The van der Waals surface area contributed by atoms with Gasteiger partial charge in [-0.05, 0) is 31.7 Å². The normalized spacial score (nSPS) is 30.8. The molecule has 7 heteroatoms. The first-order chi connectivity index (χ1) is 12.1. The molecule has 2 atom stereocenters. The van der Waals surface area contributed by atoms with Crippen LogP contribution in [0.2, 0.25) is 6.04 Å². The monoisotopic (exact) mass is 376 g/mol. The molecule has 0 amide bonds. The quantitative estimate of drug-likeness (QED) is 0.314. The van der Waals surface area contributed by atoms with Gasteiger partial charge >= 0.3 is 8.56 Å². The van der Waals surface area contributed by atoms with Crippen LogP contribution in [0.1, 0.15) is 46.0 Å². The summed E-state index contributed by atoms with van der Waals surface area (Å²) >= 11 is 0. The highest BCUT2D eigenvalue weighted by atomic mass is 28.4. The van der Waals surface area contributed by atoms with Crippen molar-refractivity contribution in [2.45, 2.75) is 63.3 Å². The van der Waals surface area contributed by atoms with Crippen LogP contribution in [0.15, 0.2) is 0 Å². The van der Waals surface area contributed by atoms with Crippen molar-refractivity contribution >= 4 is 8.56 Å². The first-order valence-electron chi connectivity index (χ1n) is 9.50. The Morgan fingerprint density at radius 1 is 1.12 bits per heavy atom. The zero-order valence-electron chi connectivity index (χ0n) is 16.6. The van der Waals surface area contributed by atoms with E-state index >= 15 is 0 Å². The summed E-state index contributed by atoms with van der Waals surface area (Å²) in [5.41, 5.74) is 0.176. The van der Waals surface area contributed by atoms with E-state index in [2.05, 4.69) is 13.8 Å². The highest BCUT2D eigenvalue weighted by molar-refractivity contribution is 6.71. The molecular formula is C18H36O6Si. The van der Waals surface area contributed by atoms with Gasteiger partial charge in [-0.15, -0.1) is 0 Å². The lowest BCUT2D eigenvalue weighted by atomic mass is 9.84. The lowest BCUT2D eigenvalue weighted by molar-refractivity contribution is -0.202. The Balaban J connectivity index is 2.00. The van der Waals surface area contributed by atoms with E-state index in [1.165, 1.54) is 0 Å². The molecule has 2 rings (SSSR count). The smallest absolute Gasteiger partial charge is 0.373 e. The molecule has 0 aliphatic carbocycles. The molecule has 0 N–H and O–H groups in total. The standard InChI is InChI=1S/C18H36O6Si/c1-6-10-18(19-3)16(9-8-11-25(18,20-4)21-5)24-15-23-14-17(7-2)12-22-13-17/h16H,6-15H2,1-5H3. The van der Waals surface area contributed by atoms with Crippen LogP contribution in [0.5, 0.6) is 0 Å².